The number of aliphatic hydroxyl groups excluding tert-OH is 1. The van der Waals surface area contributed by atoms with E-state index in [0.29, 0.717) is 12.6 Å². The van der Waals surface area contributed by atoms with Gasteiger partial charge in [-0.15, -0.1) is 0 Å². The summed E-state index contributed by atoms with van der Waals surface area (Å²) in [7, 11) is 2.00. The highest BCUT2D eigenvalue weighted by Crippen LogP contribution is 2.34. The molecule has 1 aliphatic carbocycles. The third kappa shape index (κ3) is 2.20. The molecule has 0 saturated carbocycles. The number of hydrogen-bond donors (Lipinski definition) is 2. The Morgan fingerprint density at radius 1 is 1.50 bits per heavy atom. The molecule has 0 amide bonds. The molecule has 1 atom stereocenters. The Labute approximate surface area is 96.4 Å². The van der Waals surface area contributed by atoms with Crippen LogP contribution >= 0.6 is 0 Å². The second-order valence-electron chi connectivity index (χ2n) is 4.13. The lowest BCUT2D eigenvalue weighted by atomic mass is 9.87. The highest BCUT2D eigenvalue weighted by molar-refractivity contribution is 5.43. The van der Waals surface area contributed by atoms with Gasteiger partial charge < -0.3 is 15.2 Å². The van der Waals surface area contributed by atoms with Crippen molar-refractivity contribution in [2.75, 3.05) is 20.3 Å². The molecule has 1 aromatic carbocycles. The van der Waals surface area contributed by atoms with Gasteiger partial charge in [-0.1, -0.05) is 12.1 Å². The molecule has 0 heterocycles. The van der Waals surface area contributed by atoms with Crippen LogP contribution < -0.4 is 10.1 Å². The van der Waals surface area contributed by atoms with E-state index >= 15 is 0 Å². The first-order valence-electron chi connectivity index (χ1n) is 5.89. The van der Waals surface area contributed by atoms with Gasteiger partial charge >= 0.3 is 0 Å². The van der Waals surface area contributed by atoms with Gasteiger partial charge in [0.2, 0.25) is 0 Å². The van der Waals surface area contributed by atoms with E-state index in [1.807, 2.05) is 19.2 Å². The highest BCUT2D eigenvalue weighted by Gasteiger charge is 2.21. The summed E-state index contributed by atoms with van der Waals surface area (Å²) < 4.78 is 5.57. The van der Waals surface area contributed by atoms with Crippen LogP contribution in [0.2, 0.25) is 0 Å². The van der Waals surface area contributed by atoms with Crippen LogP contribution in [0.5, 0.6) is 5.75 Å². The molecule has 0 fully saturated rings. The molecule has 0 saturated heterocycles. The molecular formula is C13H19NO2. The standard InChI is InChI=1S/C13H19NO2/c1-14-12-6-2-5-11-10(12)4-3-7-13(11)16-9-8-15/h3-4,7,12,14-15H,2,5-6,8-9H2,1H3. The SMILES string of the molecule is CNC1CCCc2c(OCCO)cccc21. The van der Waals surface area contributed by atoms with Gasteiger partial charge in [0.05, 0.1) is 6.61 Å². The highest BCUT2D eigenvalue weighted by atomic mass is 16.5. The summed E-state index contributed by atoms with van der Waals surface area (Å²) in [5, 5.41) is 12.1. The smallest absolute Gasteiger partial charge is 0.122 e. The Morgan fingerprint density at radius 2 is 2.38 bits per heavy atom. The van der Waals surface area contributed by atoms with Crippen molar-refractivity contribution < 1.29 is 9.84 Å². The molecule has 1 aliphatic rings. The fourth-order valence-electron chi connectivity index (χ4n) is 2.41. The second-order valence-corrected chi connectivity index (χ2v) is 4.13. The normalized spacial score (nSPS) is 19.2. The predicted molar refractivity (Wildman–Crippen MR) is 63.8 cm³/mol. The molecule has 3 nitrogen and oxygen atoms in total. The molecule has 16 heavy (non-hydrogen) atoms. The van der Waals surface area contributed by atoms with Crippen molar-refractivity contribution in [3.8, 4) is 5.75 Å². The van der Waals surface area contributed by atoms with E-state index in [-0.39, 0.29) is 6.61 Å². The average Bonchev–Trinajstić information content (AvgIpc) is 2.35. The summed E-state index contributed by atoms with van der Waals surface area (Å²) in [5.41, 5.74) is 2.66. The molecule has 1 unspecified atom stereocenters. The molecule has 0 bridgehead atoms. The van der Waals surface area contributed by atoms with Gasteiger partial charge in [-0.3, -0.25) is 0 Å². The van der Waals surface area contributed by atoms with Gasteiger partial charge in [0, 0.05) is 6.04 Å². The number of nitrogens with one attached hydrogen (secondary N) is 1. The Kier molecular flexibility index (Phi) is 3.80. The van der Waals surface area contributed by atoms with Crippen molar-refractivity contribution in [3.05, 3.63) is 29.3 Å². The lowest BCUT2D eigenvalue weighted by Gasteiger charge is -2.26. The van der Waals surface area contributed by atoms with Crippen LogP contribution in [0.1, 0.15) is 30.0 Å². The summed E-state index contributed by atoms with van der Waals surface area (Å²) in [4.78, 5) is 0. The molecule has 2 rings (SSSR count). The number of ether oxygens (including phenoxy) is 1. The number of benzene rings is 1. The summed E-state index contributed by atoms with van der Waals surface area (Å²) in [6, 6.07) is 6.64. The fourth-order valence-corrected chi connectivity index (χ4v) is 2.41. The Hall–Kier alpha value is -1.06. The maximum Gasteiger partial charge on any atom is 0.122 e. The minimum absolute atomic E-state index is 0.0686. The van der Waals surface area contributed by atoms with E-state index in [1.165, 1.54) is 24.0 Å². The molecule has 2 N–H and O–H groups in total. The fraction of sp³-hybridized carbons (Fsp3) is 0.538. The first-order chi connectivity index (χ1) is 7.86. The maximum absolute atomic E-state index is 8.79. The topological polar surface area (TPSA) is 41.5 Å². The Bertz CT molecular complexity index is 352. The third-order valence-corrected chi connectivity index (χ3v) is 3.16. The minimum Gasteiger partial charge on any atom is -0.491 e. The van der Waals surface area contributed by atoms with Gasteiger partial charge in [-0.05, 0) is 43.5 Å². The number of aliphatic hydroxyl groups is 1. The molecule has 3 heteroatoms. The van der Waals surface area contributed by atoms with Gasteiger partial charge in [-0.25, -0.2) is 0 Å². The number of rotatable bonds is 4. The monoisotopic (exact) mass is 221 g/mol. The van der Waals surface area contributed by atoms with Crippen molar-refractivity contribution in [2.45, 2.75) is 25.3 Å². The third-order valence-electron chi connectivity index (χ3n) is 3.16. The van der Waals surface area contributed by atoms with Crippen molar-refractivity contribution in [2.24, 2.45) is 0 Å². The van der Waals surface area contributed by atoms with Crippen molar-refractivity contribution in [3.63, 3.8) is 0 Å². The summed E-state index contributed by atoms with van der Waals surface area (Å²) in [6.07, 6.45) is 3.46. The van der Waals surface area contributed by atoms with Crippen LogP contribution in [0.25, 0.3) is 0 Å². The average molecular weight is 221 g/mol. The minimum atomic E-state index is 0.0686. The van der Waals surface area contributed by atoms with E-state index in [1.54, 1.807) is 0 Å². The summed E-state index contributed by atoms with van der Waals surface area (Å²) in [6.45, 7) is 0.444. The van der Waals surface area contributed by atoms with Crippen LogP contribution in [0.4, 0.5) is 0 Å². The van der Waals surface area contributed by atoms with E-state index in [9.17, 15) is 0 Å². The zero-order chi connectivity index (χ0) is 11.4. The number of fused-ring (bicyclic) bond motifs is 1. The van der Waals surface area contributed by atoms with Crippen LogP contribution in [-0.4, -0.2) is 25.4 Å². The van der Waals surface area contributed by atoms with Gasteiger partial charge in [0.15, 0.2) is 0 Å². The van der Waals surface area contributed by atoms with Crippen LogP contribution in [0.3, 0.4) is 0 Å². The van der Waals surface area contributed by atoms with Crippen LogP contribution in [0.15, 0.2) is 18.2 Å². The zero-order valence-electron chi connectivity index (χ0n) is 9.70. The molecule has 1 aromatic rings. The largest absolute Gasteiger partial charge is 0.491 e. The zero-order valence-corrected chi connectivity index (χ0v) is 9.70. The lowest BCUT2D eigenvalue weighted by molar-refractivity contribution is 0.199. The quantitative estimate of drug-likeness (QED) is 0.812. The van der Waals surface area contributed by atoms with Crippen molar-refractivity contribution in [1.82, 2.24) is 5.32 Å². The first kappa shape index (κ1) is 11.4. The lowest BCUT2D eigenvalue weighted by Crippen LogP contribution is -2.22. The van der Waals surface area contributed by atoms with Gasteiger partial charge in [0.1, 0.15) is 12.4 Å². The second kappa shape index (κ2) is 5.32. The van der Waals surface area contributed by atoms with E-state index in [4.69, 9.17) is 9.84 Å². The van der Waals surface area contributed by atoms with Gasteiger partial charge in [0.25, 0.3) is 0 Å². The predicted octanol–water partition coefficient (Wildman–Crippen LogP) is 1.65. The van der Waals surface area contributed by atoms with E-state index < -0.39 is 0 Å². The molecule has 0 radical (unpaired) electrons. The van der Waals surface area contributed by atoms with E-state index in [0.717, 1.165) is 12.2 Å². The van der Waals surface area contributed by atoms with E-state index in [2.05, 4.69) is 11.4 Å². The molecule has 0 aromatic heterocycles. The molecule has 0 aliphatic heterocycles. The molecule has 0 spiro atoms. The van der Waals surface area contributed by atoms with Crippen LogP contribution in [-0.2, 0) is 6.42 Å². The van der Waals surface area contributed by atoms with Crippen molar-refractivity contribution >= 4 is 0 Å². The Morgan fingerprint density at radius 3 is 3.12 bits per heavy atom. The molecule has 88 valence electrons. The Balaban J connectivity index is 2.27. The number of hydrogen-bond acceptors (Lipinski definition) is 3. The summed E-state index contributed by atoms with van der Waals surface area (Å²) >= 11 is 0. The van der Waals surface area contributed by atoms with Crippen molar-refractivity contribution in [1.29, 1.82) is 0 Å². The maximum atomic E-state index is 8.79. The molecular weight excluding hydrogens is 202 g/mol. The van der Waals surface area contributed by atoms with Crippen LogP contribution in [0, 0.1) is 0 Å². The van der Waals surface area contributed by atoms with Gasteiger partial charge in [-0.2, -0.15) is 0 Å². The first-order valence-corrected chi connectivity index (χ1v) is 5.89. The summed E-state index contributed by atoms with van der Waals surface area (Å²) in [5.74, 6) is 0.937.